The molecule has 1 aromatic rings. The van der Waals surface area contributed by atoms with Crippen molar-refractivity contribution < 1.29 is 4.79 Å². The van der Waals surface area contributed by atoms with Gasteiger partial charge in [-0.2, -0.15) is 0 Å². The molecule has 1 amide bonds. The van der Waals surface area contributed by atoms with Crippen LogP contribution in [0.5, 0.6) is 0 Å². The first-order chi connectivity index (χ1) is 7.99. The van der Waals surface area contributed by atoms with E-state index in [2.05, 4.69) is 16.9 Å². The summed E-state index contributed by atoms with van der Waals surface area (Å²) in [4.78, 5) is 27.1. The lowest BCUT2D eigenvalue weighted by Crippen LogP contribution is -2.36. The van der Waals surface area contributed by atoms with E-state index >= 15 is 0 Å². The van der Waals surface area contributed by atoms with Gasteiger partial charge in [-0.3, -0.25) is 14.2 Å². The lowest BCUT2D eigenvalue weighted by Gasteiger charge is -2.14. The number of hydrogen-bond acceptors (Lipinski definition) is 3. The van der Waals surface area contributed by atoms with Crippen LogP contribution in [0.3, 0.4) is 0 Å². The molecule has 1 unspecified atom stereocenters. The van der Waals surface area contributed by atoms with E-state index in [1.165, 1.54) is 6.33 Å². The van der Waals surface area contributed by atoms with Gasteiger partial charge in [0.1, 0.15) is 17.4 Å². The van der Waals surface area contributed by atoms with E-state index in [4.69, 9.17) is 23.2 Å². The van der Waals surface area contributed by atoms with Gasteiger partial charge in [-0.25, -0.2) is 4.98 Å². The molecule has 17 heavy (non-hydrogen) atoms. The number of carbonyl (C=O) groups excluding carboxylic acids is 1. The van der Waals surface area contributed by atoms with E-state index < -0.39 is 11.6 Å². The third-order valence-electron chi connectivity index (χ3n) is 2.12. The molecule has 0 spiro atoms. The first-order valence-corrected chi connectivity index (χ1v) is 5.55. The van der Waals surface area contributed by atoms with E-state index in [1.807, 2.05) is 0 Å². The minimum absolute atomic E-state index is 0.0772. The van der Waals surface area contributed by atoms with Crippen LogP contribution in [-0.2, 0) is 4.79 Å². The molecule has 1 rings (SSSR count). The number of nitrogens with one attached hydrogen (secondary N) is 1. The molecular formula is C10H11Cl2N3O2. The van der Waals surface area contributed by atoms with Gasteiger partial charge in [-0.05, 0) is 6.92 Å². The lowest BCUT2D eigenvalue weighted by atomic mass is 10.3. The number of nitrogens with zero attached hydrogens (tertiary/aromatic N) is 2. The number of hydrogen-bond donors (Lipinski definition) is 1. The number of halogens is 2. The third kappa shape index (κ3) is 3.08. The standard InChI is InChI=1S/C10H11Cl2N3O2/c1-3-4-13-9(16)6(2)15-5-14-8(12)7(11)10(15)17/h3,5-6H,1,4H2,2H3,(H,13,16). The number of carbonyl (C=O) groups is 1. The van der Waals surface area contributed by atoms with Crippen molar-refractivity contribution in [3.63, 3.8) is 0 Å². The molecule has 0 radical (unpaired) electrons. The fourth-order valence-corrected chi connectivity index (χ4v) is 1.42. The van der Waals surface area contributed by atoms with Gasteiger partial charge in [0, 0.05) is 6.54 Å². The second-order valence-corrected chi connectivity index (χ2v) is 4.01. The Hall–Kier alpha value is -1.33. The average molecular weight is 276 g/mol. The highest BCUT2D eigenvalue weighted by Gasteiger charge is 2.18. The van der Waals surface area contributed by atoms with Crippen LogP contribution in [0.2, 0.25) is 10.2 Å². The second kappa shape index (κ2) is 5.84. The van der Waals surface area contributed by atoms with Crippen LogP contribution in [0.25, 0.3) is 0 Å². The maximum atomic E-state index is 11.7. The van der Waals surface area contributed by atoms with E-state index in [1.54, 1.807) is 13.0 Å². The minimum atomic E-state index is -0.718. The van der Waals surface area contributed by atoms with Crippen molar-refractivity contribution in [3.8, 4) is 0 Å². The predicted octanol–water partition coefficient (Wildman–Crippen LogP) is 1.41. The van der Waals surface area contributed by atoms with E-state index in [-0.39, 0.29) is 16.1 Å². The Balaban J connectivity index is 3.01. The molecule has 0 fully saturated rings. The zero-order valence-corrected chi connectivity index (χ0v) is 10.6. The first-order valence-electron chi connectivity index (χ1n) is 4.79. The summed E-state index contributed by atoms with van der Waals surface area (Å²) in [5, 5.41) is 2.30. The van der Waals surface area contributed by atoms with Crippen LogP contribution in [0.15, 0.2) is 23.8 Å². The van der Waals surface area contributed by atoms with Gasteiger partial charge >= 0.3 is 0 Å². The van der Waals surface area contributed by atoms with Crippen LogP contribution < -0.4 is 10.9 Å². The normalized spacial score (nSPS) is 11.9. The molecule has 1 N–H and O–H groups in total. The van der Waals surface area contributed by atoms with Crippen LogP contribution in [0, 0.1) is 0 Å². The maximum absolute atomic E-state index is 11.7. The molecule has 0 aromatic carbocycles. The number of amides is 1. The topological polar surface area (TPSA) is 64.0 Å². The fourth-order valence-electron chi connectivity index (χ4n) is 1.15. The highest BCUT2D eigenvalue weighted by atomic mass is 35.5. The van der Waals surface area contributed by atoms with Gasteiger partial charge in [0.2, 0.25) is 5.91 Å². The summed E-state index contributed by atoms with van der Waals surface area (Å²) in [6.07, 6.45) is 2.73. The SMILES string of the molecule is C=CCNC(=O)C(C)n1cnc(Cl)c(Cl)c1=O. The highest BCUT2D eigenvalue weighted by Crippen LogP contribution is 2.14. The van der Waals surface area contributed by atoms with Gasteiger partial charge in [-0.1, -0.05) is 29.3 Å². The Morgan fingerprint density at radius 3 is 2.94 bits per heavy atom. The molecule has 0 aliphatic rings. The fraction of sp³-hybridized carbons (Fsp3) is 0.300. The van der Waals surface area contributed by atoms with Crippen LogP contribution in [-0.4, -0.2) is 22.0 Å². The Kier molecular flexibility index (Phi) is 4.72. The van der Waals surface area contributed by atoms with Crippen molar-refractivity contribution >= 4 is 29.1 Å². The number of aromatic nitrogens is 2. The van der Waals surface area contributed by atoms with Gasteiger partial charge < -0.3 is 5.32 Å². The Morgan fingerprint density at radius 1 is 1.71 bits per heavy atom. The minimum Gasteiger partial charge on any atom is -0.351 e. The van der Waals surface area contributed by atoms with E-state index in [0.29, 0.717) is 6.54 Å². The maximum Gasteiger partial charge on any atom is 0.274 e. The molecule has 1 atom stereocenters. The number of rotatable bonds is 4. The quantitative estimate of drug-likeness (QED) is 0.668. The van der Waals surface area contributed by atoms with E-state index in [9.17, 15) is 9.59 Å². The van der Waals surface area contributed by atoms with Gasteiger partial charge in [0.15, 0.2) is 5.15 Å². The van der Waals surface area contributed by atoms with Crippen molar-refractivity contribution in [2.45, 2.75) is 13.0 Å². The zero-order chi connectivity index (χ0) is 13.0. The van der Waals surface area contributed by atoms with Gasteiger partial charge in [0.25, 0.3) is 5.56 Å². The molecule has 1 aromatic heterocycles. The van der Waals surface area contributed by atoms with Crippen LogP contribution >= 0.6 is 23.2 Å². The van der Waals surface area contributed by atoms with Crippen molar-refractivity contribution in [3.05, 3.63) is 39.5 Å². The summed E-state index contributed by atoms with van der Waals surface area (Å²) in [7, 11) is 0. The molecule has 5 nitrogen and oxygen atoms in total. The molecule has 0 saturated heterocycles. The average Bonchev–Trinajstić information content (AvgIpc) is 2.32. The molecule has 0 aliphatic carbocycles. The van der Waals surface area contributed by atoms with Crippen molar-refractivity contribution in [1.82, 2.24) is 14.9 Å². The first kappa shape index (κ1) is 13.7. The summed E-state index contributed by atoms with van der Waals surface area (Å²) in [5.74, 6) is -0.327. The van der Waals surface area contributed by atoms with Gasteiger partial charge in [0.05, 0.1) is 0 Å². The molecule has 0 aliphatic heterocycles. The Morgan fingerprint density at radius 2 is 2.35 bits per heavy atom. The predicted molar refractivity (Wildman–Crippen MR) is 66.4 cm³/mol. The summed E-state index contributed by atoms with van der Waals surface area (Å²) in [6.45, 7) is 5.36. The Bertz CT molecular complexity index is 499. The molecule has 0 saturated carbocycles. The molecule has 0 bridgehead atoms. The highest BCUT2D eigenvalue weighted by molar-refractivity contribution is 6.40. The summed E-state index contributed by atoms with van der Waals surface area (Å²) < 4.78 is 1.12. The molecule has 92 valence electrons. The lowest BCUT2D eigenvalue weighted by molar-refractivity contribution is -0.123. The molecular weight excluding hydrogens is 265 g/mol. The summed E-state index contributed by atoms with van der Waals surface area (Å²) >= 11 is 11.2. The summed E-state index contributed by atoms with van der Waals surface area (Å²) in [5.41, 5.74) is -0.548. The molecule has 1 heterocycles. The largest absolute Gasteiger partial charge is 0.351 e. The third-order valence-corrected chi connectivity index (χ3v) is 2.84. The van der Waals surface area contributed by atoms with Crippen LogP contribution in [0.4, 0.5) is 0 Å². The van der Waals surface area contributed by atoms with Crippen LogP contribution in [0.1, 0.15) is 13.0 Å². The van der Waals surface area contributed by atoms with E-state index in [0.717, 1.165) is 4.57 Å². The van der Waals surface area contributed by atoms with Crippen molar-refractivity contribution in [2.75, 3.05) is 6.54 Å². The smallest absolute Gasteiger partial charge is 0.274 e. The Labute approximate surface area is 108 Å². The van der Waals surface area contributed by atoms with Gasteiger partial charge in [-0.15, -0.1) is 6.58 Å². The zero-order valence-electron chi connectivity index (χ0n) is 9.11. The van der Waals surface area contributed by atoms with Crippen molar-refractivity contribution in [2.24, 2.45) is 0 Å². The molecule has 7 heteroatoms. The van der Waals surface area contributed by atoms with Crippen molar-refractivity contribution in [1.29, 1.82) is 0 Å². The second-order valence-electron chi connectivity index (χ2n) is 3.27. The monoisotopic (exact) mass is 275 g/mol. The summed E-state index contributed by atoms with van der Waals surface area (Å²) in [6, 6.07) is -0.718.